The molecule has 0 amide bonds. The first-order valence-electron chi connectivity index (χ1n) is 8.30. The standard InChI is InChI=1S/C22H26O/c1-3-5-6-17-23-18-22-15-13-21(14-16-22)12-11-20-9-7-19(4-2)8-10-20/h3-5,7-10,13-16H,2,6,11-12,17-18H2,1H3/b5-3+. The van der Waals surface area contributed by atoms with Crippen LogP contribution in [0, 0.1) is 0 Å². The fourth-order valence-electron chi connectivity index (χ4n) is 2.42. The van der Waals surface area contributed by atoms with Crippen LogP contribution in [0.15, 0.2) is 67.3 Å². The summed E-state index contributed by atoms with van der Waals surface area (Å²) in [7, 11) is 0. The molecule has 2 rings (SSSR count). The first kappa shape index (κ1) is 17.2. The van der Waals surface area contributed by atoms with Crippen LogP contribution in [0.2, 0.25) is 0 Å². The van der Waals surface area contributed by atoms with Crippen LogP contribution in [0.4, 0.5) is 0 Å². The van der Waals surface area contributed by atoms with Gasteiger partial charge in [-0.25, -0.2) is 0 Å². The molecule has 0 unspecified atom stereocenters. The number of hydrogen-bond acceptors (Lipinski definition) is 1. The molecule has 1 nitrogen and oxygen atoms in total. The lowest BCUT2D eigenvalue weighted by molar-refractivity contribution is 0.125. The van der Waals surface area contributed by atoms with Gasteiger partial charge in [0.25, 0.3) is 0 Å². The van der Waals surface area contributed by atoms with Crippen molar-refractivity contribution in [1.29, 1.82) is 0 Å². The van der Waals surface area contributed by atoms with Crippen LogP contribution in [-0.4, -0.2) is 6.61 Å². The Bertz CT molecular complexity index is 605. The molecule has 0 spiro atoms. The van der Waals surface area contributed by atoms with Crippen LogP contribution < -0.4 is 0 Å². The highest BCUT2D eigenvalue weighted by molar-refractivity contribution is 5.47. The Morgan fingerprint density at radius 2 is 1.43 bits per heavy atom. The third kappa shape index (κ3) is 6.25. The van der Waals surface area contributed by atoms with Gasteiger partial charge >= 0.3 is 0 Å². The molecule has 0 fully saturated rings. The number of allylic oxidation sites excluding steroid dienone is 1. The van der Waals surface area contributed by atoms with Crippen molar-refractivity contribution in [1.82, 2.24) is 0 Å². The van der Waals surface area contributed by atoms with E-state index in [-0.39, 0.29) is 0 Å². The maximum absolute atomic E-state index is 5.65. The van der Waals surface area contributed by atoms with Crippen LogP contribution in [0.25, 0.3) is 6.08 Å². The van der Waals surface area contributed by atoms with Crippen molar-refractivity contribution in [3.05, 3.63) is 89.5 Å². The fourth-order valence-corrected chi connectivity index (χ4v) is 2.42. The Morgan fingerprint density at radius 3 is 2.00 bits per heavy atom. The minimum atomic E-state index is 0.695. The highest BCUT2D eigenvalue weighted by atomic mass is 16.5. The maximum Gasteiger partial charge on any atom is 0.0717 e. The summed E-state index contributed by atoms with van der Waals surface area (Å²) in [5, 5.41) is 0. The van der Waals surface area contributed by atoms with Crippen molar-refractivity contribution in [3.63, 3.8) is 0 Å². The topological polar surface area (TPSA) is 9.23 Å². The van der Waals surface area contributed by atoms with Crippen LogP contribution in [0.3, 0.4) is 0 Å². The molecular weight excluding hydrogens is 280 g/mol. The quantitative estimate of drug-likeness (QED) is 0.433. The Morgan fingerprint density at radius 1 is 0.870 bits per heavy atom. The first-order chi connectivity index (χ1) is 11.3. The third-order valence-corrected chi connectivity index (χ3v) is 3.87. The number of benzene rings is 2. The summed E-state index contributed by atoms with van der Waals surface area (Å²) in [4.78, 5) is 0. The summed E-state index contributed by atoms with van der Waals surface area (Å²) in [5.74, 6) is 0. The van der Waals surface area contributed by atoms with E-state index in [1.807, 2.05) is 13.0 Å². The van der Waals surface area contributed by atoms with Gasteiger partial charge in [-0.2, -0.15) is 0 Å². The summed E-state index contributed by atoms with van der Waals surface area (Å²) in [6.45, 7) is 7.30. The van der Waals surface area contributed by atoms with E-state index in [1.54, 1.807) is 0 Å². The molecule has 120 valence electrons. The number of ether oxygens (including phenoxy) is 1. The van der Waals surface area contributed by atoms with Crippen LogP contribution in [0.1, 0.15) is 35.6 Å². The molecule has 0 aliphatic heterocycles. The molecule has 0 saturated carbocycles. The van der Waals surface area contributed by atoms with E-state index in [2.05, 4.69) is 67.3 Å². The van der Waals surface area contributed by atoms with Crippen molar-refractivity contribution in [2.45, 2.75) is 32.8 Å². The second-order valence-corrected chi connectivity index (χ2v) is 5.67. The number of rotatable bonds is 9. The second kappa shape index (κ2) is 9.81. The fraction of sp³-hybridized carbons (Fsp3) is 0.273. The molecule has 23 heavy (non-hydrogen) atoms. The zero-order chi connectivity index (χ0) is 16.3. The predicted molar refractivity (Wildman–Crippen MR) is 99.5 cm³/mol. The highest BCUT2D eigenvalue weighted by Crippen LogP contribution is 2.11. The van der Waals surface area contributed by atoms with Gasteiger partial charge in [-0.05, 0) is 48.4 Å². The molecule has 0 aromatic heterocycles. The summed E-state index contributed by atoms with van der Waals surface area (Å²) < 4.78 is 5.65. The van der Waals surface area contributed by atoms with Gasteiger partial charge in [0.2, 0.25) is 0 Å². The Labute approximate surface area is 140 Å². The maximum atomic E-state index is 5.65. The van der Waals surface area contributed by atoms with E-state index in [9.17, 15) is 0 Å². The largest absolute Gasteiger partial charge is 0.376 e. The molecule has 0 aliphatic rings. The molecule has 2 aromatic carbocycles. The van der Waals surface area contributed by atoms with E-state index in [4.69, 9.17) is 4.74 Å². The molecule has 0 N–H and O–H groups in total. The van der Waals surface area contributed by atoms with E-state index < -0.39 is 0 Å². The van der Waals surface area contributed by atoms with Crippen molar-refractivity contribution in [3.8, 4) is 0 Å². The Balaban J connectivity index is 1.76. The minimum absolute atomic E-state index is 0.695. The second-order valence-electron chi connectivity index (χ2n) is 5.67. The van der Waals surface area contributed by atoms with Crippen molar-refractivity contribution in [2.24, 2.45) is 0 Å². The van der Waals surface area contributed by atoms with Gasteiger partial charge in [-0.15, -0.1) is 0 Å². The summed E-state index contributed by atoms with van der Waals surface area (Å²) >= 11 is 0. The molecule has 0 atom stereocenters. The average Bonchev–Trinajstić information content (AvgIpc) is 2.61. The van der Waals surface area contributed by atoms with Crippen LogP contribution in [0.5, 0.6) is 0 Å². The lowest BCUT2D eigenvalue weighted by atomic mass is 10.0. The van der Waals surface area contributed by atoms with Gasteiger partial charge in [0, 0.05) is 0 Å². The third-order valence-electron chi connectivity index (χ3n) is 3.87. The zero-order valence-electron chi connectivity index (χ0n) is 14.0. The van der Waals surface area contributed by atoms with Gasteiger partial charge in [-0.1, -0.05) is 73.3 Å². The molecular formula is C22H26O. The van der Waals surface area contributed by atoms with Gasteiger partial charge < -0.3 is 4.74 Å². The smallest absolute Gasteiger partial charge is 0.0717 e. The number of aryl methyl sites for hydroxylation is 2. The zero-order valence-corrected chi connectivity index (χ0v) is 14.0. The monoisotopic (exact) mass is 306 g/mol. The van der Waals surface area contributed by atoms with Gasteiger partial charge in [0.05, 0.1) is 13.2 Å². The molecule has 0 saturated heterocycles. The van der Waals surface area contributed by atoms with E-state index >= 15 is 0 Å². The Hall–Kier alpha value is -2.12. The highest BCUT2D eigenvalue weighted by Gasteiger charge is 1.98. The Kier molecular flexibility index (Phi) is 7.35. The summed E-state index contributed by atoms with van der Waals surface area (Å²) in [6, 6.07) is 17.4. The normalized spacial score (nSPS) is 11.0. The molecule has 0 radical (unpaired) electrons. The van der Waals surface area contributed by atoms with Gasteiger partial charge in [0.15, 0.2) is 0 Å². The van der Waals surface area contributed by atoms with E-state index in [1.165, 1.54) is 22.3 Å². The SMILES string of the molecule is C=Cc1ccc(CCc2ccc(COCC/C=C/C)cc2)cc1. The lowest BCUT2D eigenvalue weighted by Gasteiger charge is -2.06. The first-order valence-corrected chi connectivity index (χ1v) is 8.30. The van der Waals surface area contributed by atoms with Gasteiger partial charge in [-0.3, -0.25) is 0 Å². The molecule has 0 bridgehead atoms. The molecule has 2 aromatic rings. The summed E-state index contributed by atoms with van der Waals surface area (Å²) in [5.41, 5.74) is 5.15. The molecule has 0 aliphatic carbocycles. The average molecular weight is 306 g/mol. The van der Waals surface area contributed by atoms with Gasteiger partial charge in [0.1, 0.15) is 0 Å². The van der Waals surface area contributed by atoms with Crippen molar-refractivity contribution >= 4 is 6.08 Å². The van der Waals surface area contributed by atoms with E-state index in [0.717, 1.165) is 25.9 Å². The molecule has 1 heteroatoms. The van der Waals surface area contributed by atoms with Crippen molar-refractivity contribution < 1.29 is 4.74 Å². The molecule has 0 heterocycles. The van der Waals surface area contributed by atoms with E-state index in [0.29, 0.717) is 6.61 Å². The minimum Gasteiger partial charge on any atom is -0.376 e. The predicted octanol–water partition coefficient (Wildman–Crippen LogP) is 5.60. The van der Waals surface area contributed by atoms with Crippen LogP contribution in [-0.2, 0) is 24.2 Å². The van der Waals surface area contributed by atoms with Crippen molar-refractivity contribution in [2.75, 3.05) is 6.61 Å². The lowest BCUT2D eigenvalue weighted by Crippen LogP contribution is -1.96. The number of hydrogen-bond donors (Lipinski definition) is 0. The van der Waals surface area contributed by atoms with Crippen LogP contribution >= 0.6 is 0 Å². The summed E-state index contributed by atoms with van der Waals surface area (Å²) in [6.07, 6.45) is 9.18.